The lowest BCUT2D eigenvalue weighted by Gasteiger charge is -2.09. The zero-order valence-electron chi connectivity index (χ0n) is 9.81. The summed E-state index contributed by atoms with van der Waals surface area (Å²) >= 11 is 5.88. The van der Waals surface area contributed by atoms with Crippen LogP contribution in [0.2, 0.25) is 5.02 Å². The van der Waals surface area contributed by atoms with Crippen LogP contribution in [-0.4, -0.2) is 12.9 Å². The van der Waals surface area contributed by atoms with Crippen molar-refractivity contribution < 1.29 is 9.53 Å². The van der Waals surface area contributed by atoms with Gasteiger partial charge in [0.25, 0.3) is 0 Å². The summed E-state index contributed by atoms with van der Waals surface area (Å²) in [5, 5.41) is 0.474. The van der Waals surface area contributed by atoms with Crippen molar-refractivity contribution in [3.05, 3.63) is 58.6 Å². The molecular formula is C14H12ClNO2. The number of nitrogens with two attached hydrogens (primary N) is 1. The molecule has 2 N–H and O–H groups in total. The molecule has 0 fully saturated rings. The monoisotopic (exact) mass is 261 g/mol. The van der Waals surface area contributed by atoms with Crippen LogP contribution in [0.4, 0.5) is 5.69 Å². The molecule has 0 aliphatic rings. The summed E-state index contributed by atoms with van der Waals surface area (Å²) in [5.74, 6) is 0.314. The molecule has 0 atom stereocenters. The Kier molecular flexibility index (Phi) is 3.53. The molecule has 0 saturated carbocycles. The highest BCUT2D eigenvalue weighted by molar-refractivity contribution is 6.31. The zero-order valence-corrected chi connectivity index (χ0v) is 10.6. The molecule has 0 aliphatic carbocycles. The Morgan fingerprint density at radius 3 is 2.61 bits per heavy atom. The molecule has 3 nitrogen and oxygen atoms in total. The summed E-state index contributed by atoms with van der Waals surface area (Å²) < 4.78 is 5.16. The van der Waals surface area contributed by atoms with Gasteiger partial charge in [-0.25, -0.2) is 0 Å². The number of halogens is 1. The van der Waals surface area contributed by atoms with E-state index >= 15 is 0 Å². The number of methoxy groups -OCH3 is 1. The average Bonchev–Trinajstić information content (AvgIpc) is 2.40. The van der Waals surface area contributed by atoms with E-state index in [0.29, 0.717) is 27.6 Å². The maximum absolute atomic E-state index is 12.4. The third-order valence-electron chi connectivity index (χ3n) is 2.61. The molecule has 0 radical (unpaired) electrons. The summed E-state index contributed by atoms with van der Waals surface area (Å²) in [6, 6.07) is 11.8. The Labute approximate surface area is 110 Å². The molecule has 18 heavy (non-hydrogen) atoms. The first-order valence-electron chi connectivity index (χ1n) is 5.36. The van der Waals surface area contributed by atoms with Crippen LogP contribution in [0.3, 0.4) is 0 Å². The van der Waals surface area contributed by atoms with Crippen molar-refractivity contribution in [1.29, 1.82) is 0 Å². The summed E-state index contributed by atoms with van der Waals surface area (Å²) in [4.78, 5) is 12.4. The molecule has 0 aromatic heterocycles. The van der Waals surface area contributed by atoms with Crippen LogP contribution >= 0.6 is 11.6 Å². The van der Waals surface area contributed by atoms with Crippen molar-refractivity contribution in [2.24, 2.45) is 0 Å². The van der Waals surface area contributed by atoms with Gasteiger partial charge in [0.1, 0.15) is 5.75 Å². The van der Waals surface area contributed by atoms with Crippen molar-refractivity contribution in [2.75, 3.05) is 12.8 Å². The van der Waals surface area contributed by atoms with Crippen LogP contribution in [0, 0.1) is 0 Å². The van der Waals surface area contributed by atoms with E-state index in [1.54, 1.807) is 42.5 Å². The number of anilines is 1. The topological polar surface area (TPSA) is 52.3 Å². The second-order valence-electron chi connectivity index (χ2n) is 3.76. The predicted octanol–water partition coefficient (Wildman–Crippen LogP) is 3.16. The molecule has 0 amide bonds. The Balaban J connectivity index is 2.51. The first-order chi connectivity index (χ1) is 8.63. The lowest BCUT2D eigenvalue weighted by Crippen LogP contribution is -2.07. The van der Waals surface area contributed by atoms with E-state index in [2.05, 4.69) is 0 Å². The van der Waals surface area contributed by atoms with E-state index in [4.69, 9.17) is 22.1 Å². The van der Waals surface area contributed by atoms with Gasteiger partial charge in [-0.1, -0.05) is 23.7 Å². The van der Waals surface area contributed by atoms with Gasteiger partial charge >= 0.3 is 0 Å². The Bertz CT molecular complexity index is 596. The molecule has 2 aromatic carbocycles. The molecule has 0 bridgehead atoms. The fourth-order valence-corrected chi connectivity index (χ4v) is 1.87. The molecule has 92 valence electrons. The van der Waals surface area contributed by atoms with E-state index in [-0.39, 0.29) is 5.78 Å². The fourth-order valence-electron chi connectivity index (χ4n) is 1.70. The van der Waals surface area contributed by atoms with Gasteiger partial charge in [0.15, 0.2) is 5.78 Å². The van der Waals surface area contributed by atoms with Crippen molar-refractivity contribution in [3.8, 4) is 5.75 Å². The molecular weight excluding hydrogens is 250 g/mol. The van der Waals surface area contributed by atoms with Crippen molar-refractivity contribution in [3.63, 3.8) is 0 Å². The minimum atomic E-state index is -0.201. The van der Waals surface area contributed by atoms with E-state index < -0.39 is 0 Å². The highest BCUT2D eigenvalue weighted by Gasteiger charge is 2.16. The Morgan fingerprint density at radius 1 is 1.17 bits per heavy atom. The molecule has 4 heteroatoms. The van der Waals surface area contributed by atoms with Gasteiger partial charge in [-0.05, 0) is 30.3 Å². The highest BCUT2D eigenvalue weighted by atomic mass is 35.5. The first-order valence-corrected chi connectivity index (χ1v) is 5.74. The number of ketones is 1. The predicted molar refractivity (Wildman–Crippen MR) is 72.3 cm³/mol. The highest BCUT2D eigenvalue weighted by Crippen LogP contribution is 2.25. The molecule has 0 aliphatic heterocycles. The maximum atomic E-state index is 12.4. The van der Waals surface area contributed by atoms with Crippen molar-refractivity contribution in [1.82, 2.24) is 0 Å². The van der Waals surface area contributed by atoms with Crippen molar-refractivity contribution in [2.45, 2.75) is 0 Å². The van der Waals surface area contributed by atoms with E-state index in [9.17, 15) is 4.79 Å². The normalized spacial score (nSPS) is 10.1. The smallest absolute Gasteiger partial charge is 0.198 e. The number of hydrogen-bond donors (Lipinski definition) is 1. The first kappa shape index (κ1) is 12.5. The van der Waals surface area contributed by atoms with Gasteiger partial charge in [0.05, 0.1) is 12.7 Å². The standard InChI is InChI=1S/C14H12ClNO2/c1-18-13-5-3-2-4-10(13)14(17)11-8-9(15)6-7-12(11)16/h2-8H,16H2,1H3. The molecule has 2 rings (SSSR count). The van der Waals surface area contributed by atoms with E-state index in [1.807, 2.05) is 0 Å². The van der Waals surface area contributed by atoms with Crippen LogP contribution < -0.4 is 10.5 Å². The van der Waals surface area contributed by atoms with E-state index in [0.717, 1.165) is 0 Å². The van der Waals surface area contributed by atoms with Crippen LogP contribution in [0.15, 0.2) is 42.5 Å². The van der Waals surface area contributed by atoms with Gasteiger partial charge in [-0.2, -0.15) is 0 Å². The summed E-state index contributed by atoms with van der Waals surface area (Å²) in [6.45, 7) is 0. The lowest BCUT2D eigenvalue weighted by molar-refractivity contribution is 0.103. The van der Waals surface area contributed by atoms with E-state index in [1.165, 1.54) is 7.11 Å². The fraction of sp³-hybridized carbons (Fsp3) is 0.0714. The minimum Gasteiger partial charge on any atom is -0.496 e. The third-order valence-corrected chi connectivity index (χ3v) is 2.85. The molecule has 0 spiro atoms. The maximum Gasteiger partial charge on any atom is 0.198 e. The lowest BCUT2D eigenvalue weighted by atomic mass is 10.0. The third kappa shape index (κ3) is 2.31. The molecule has 0 saturated heterocycles. The SMILES string of the molecule is COc1ccccc1C(=O)c1cc(Cl)ccc1N. The summed E-state index contributed by atoms with van der Waals surface area (Å²) in [5.41, 5.74) is 7.05. The van der Waals surface area contributed by atoms with Crippen LogP contribution in [0.5, 0.6) is 5.75 Å². The molecule has 0 heterocycles. The van der Waals surface area contributed by atoms with Gasteiger partial charge in [-0.15, -0.1) is 0 Å². The minimum absolute atomic E-state index is 0.201. The van der Waals surface area contributed by atoms with Gasteiger partial charge in [-0.3, -0.25) is 4.79 Å². The second-order valence-corrected chi connectivity index (χ2v) is 4.20. The summed E-state index contributed by atoms with van der Waals surface area (Å²) in [6.07, 6.45) is 0. The van der Waals surface area contributed by atoms with Crippen LogP contribution in [-0.2, 0) is 0 Å². The van der Waals surface area contributed by atoms with Crippen molar-refractivity contribution >= 4 is 23.1 Å². The Morgan fingerprint density at radius 2 is 1.89 bits per heavy atom. The zero-order chi connectivity index (χ0) is 13.1. The van der Waals surface area contributed by atoms with Crippen LogP contribution in [0.1, 0.15) is 15.9 Å². The van der Waals surface area contributed by atoms with Crippen LogP contribution in [0.25, 0.3) is 0 Å². The van der Waals surface area contributed by atoms with Gasteiger partial charge in [0.2, 0.25) is 0 Å². The van der Waals surface area contributed by atoms with Gasteiger partial charge in [0, 0.05) is 16.3 Å². The molecule has 0 unspecified atom stereocenters. The number of carbonyl (C=O) groups excluding carboxylic acids is 1. The largest absolute Gasteiger partial charge is 0.496 e. The van der Waals surface area contributed by atoms with Gasteiger partial charge < -0.3 is 10.5 Å². The number of hydrogen-bond acceptors (Lipinski definition) is 3. The number of nitrogen functional groups attached to an aromatic ring is 1. The summed E-state index contributed by atoms with van der Waals surface area (Å²) in [7, 11) is 1.52. The average molecular weight is 262 g/mol. The number of ether oxygens (including phenoxy) is 1. The quantitative estimate of drug-likeness (QED) is 0.682. The second kappa shape index (κ2) is 5.10. The number of rotatable bonds is 3. The number of benzene rings is 2. The molecule has 2 aromatic rings. The number of para-hydroxylation sites is 1. The Hall–Kier alpha value is -2.00. The number of carbonyl (C=O) groups is 1.